The van der Waals surface area contributed by atoms with E-state index in [2.05, 4.69) is 12.2 Å². The lowest BCUT2D eigenvalue weighted by molar-refractivity contribution is -0.160. The first-order valence-corrected chi connectivity index (χ1v) is 11.0. The van der Waals surface area contributed by atoms with Crippen LogP contribution in [-0.4, -0.2) is 42.7 Å². The molecule has 1 rings (SSSR count). The van der Waals surface area contributed by atoms with Crippen molar-refractivity contribution in [3.8, 4) is 5.75 Å². The fourth-order valence-corrected chi connectivity index (χ4v) is 3.36. The molecule has 1 amide bonds. The number of ether oxygens (including phenoxy) is 3. The van der Waals surface area contributed by atoms with E-state index >= 15 is 0 Å². The van der Waals surface area contributed by atoms with Gasteiger partial charge < -0.3 is 19.5 Å². The number of hydrogen-bond donors (Lipinski definition) is 1. The lowest BCUT2D eigenvalue weighted by atomic mass is 9.91. The molecule has 0 saturated carbocycles. The van der Waals surface area contributed by atoms with E-state index in [-0.39, 0.29) is 11.8 Å². The Kier molecular flexibility index (Phi) is 11.7. The van der Waals surface area contributed by atoms with E-state index < -0.39 is 30.2 Å². The lowest BCUT2D eigenvalue weighted by Crippen LogP contribution is -2.54. The van der Waals surface area contributed by atoms with Crippen molar-refractivity contribution in [3.05, 3.63) is 29.8 Å². The van der Waals surface area contributed by atoms with Crippen LogP contribution in [-0.2, 0) is 30.3 Å². The average molecular weight is 436 g/mol. The molecule has 3 atom stereocenters. The second-order valence-corrected chi connectivity index (χ2v) is 8.08. The van der Waals surface area contributed by atoms with E-state index in [4.69, 9.17) is 14.2 Å². The van der Waals surface area contributed by atoms with Gasteiger partial charge in [-0.25, -0.2) is 0 Å². The predicted molar refractivity (Wildman–Crippen MR) is 119 cm³/mol. The van der Waals surface area contributed by atoms with E-state index in [0.717, 1.165) is 24.2 Å². The maximum Gasteiger partial charge on any atom is 0.302 e. The molecule has 31 heavy (non-hydrogen) atoms. The third-order valence-corrected chi connectivity index (χ3v) is 4.81. The van der Waals surface area contributed by atoms with Crippen LogP contribution < -0.4 is 10.1 Å². The molecular formula is C24H37NO6. The van der Waals surface area contributed by atoms with Gasteiger partial charge in [0.1, 0.15) is 24.0 Å². The smallest absolute Gasteiger partial charge is 0.302 e. The molecule has 0 heterocycles. The largest absolute Gasteiger partial charge is 0.494 e. The van der Waals surface area contributed by atoms with Crippen LogP contribution >= 0.6 is 0 Å². The van der Waals surface area contributed by atoms with Crippen LogP contribution in [0.4, 0.5) is 0 Å². The van der Waals surface area contributed by atoms with E-state index in [1.165, 1.54) is 20.8 Å². The monoisotopic (exact) mass is 435 g/mol. The Morgan fingerprint density at radius 1 is 0.968 bits per heavy atom. The molecule has 1 aromatic rings. The fraction of sp³-hybridized carbons (Fsp3) is 0.625. The predicted octanol–water partition coefficient (Wildman–Crippen LogP) is 3.82. The Morgan fingerprint density at radius 3 is 2.06 bits per heavy atom. The number of carbonyl (C=O) groups is 3. The van der Waals surface area contributed by atoms with Crippen molar-refractivity contribution in [2.24, 2.45) is 5.92 Å². The van der Waals surface area contributed by atoms with E-state index in [9.17, 15) is 14.4 Å². The molecule has 0 fully saturated rings. The molecule has 0 aliphatic heterocycles. The Hall–Kier alpha value is -2.57. The van der Waals surface area contributed by atoms with Gasteiger partial charge in [-0.1, -0.05) is 39.3 Å². The molecule has 0 radical (unpaired) electrons. The van der Waals surface area contributed by atoms with Gasteiger partial charge in [0.25, 0.3) is 0 Å². The van der Waals surface area contributed by atoms with Crippen LogP contribution in [0.5, 0.6) is 5.75 Å². The summed E-state index contributed by atoms with van der Waals surface area (Å²) in [6, 6.07) is 7.15. The number of unbranched alkanes of at least 4 members (excludes halogenated alkanes) is 1. The molecular weight excluding hydrogens is 398 g/mol. The van der Waals surface area contributed by atoms with Gasteiger partial charge in [0.05, 0.1) is 6.61 Å². The van der Waals surface area contributed by atoms with Crippen LogP contribution in [0.2, 0.25) is 0 Å². The maximum atomic E-state index is 11.9. The van der Waals surface area contributed by atoms with Crippen molar-refractivity contribution in [3.63, 3.8) is 0 Å². The Bertz CT molecular complexity index is 701. The molecule has 0 spiro atoms. The molecule has 0 aliphatic rings. The topological polar surface area (TPSA) is 90.9 Å². The van der Waals surface area contributed by atoms with Crippen LogP contribution in [0.15, 0.2) is 24.3 Å². The minimum absolute atomic E-state index is 0.0849. The minimum Gasteiger partial charge on any atom is -0.494 e. The molecule has 0 aromatic heterocycles. The van der Waals surface area contributed by atoms with Gasteiger partial charge in [-0.15, -0.1) is 0 Å². The molecule has 1 aromatic carbocycles. The molecule has 174 valence electrons. The minimum atomic E-state index is -0.651. The van der Waals surface area contributed by atoms with Gasteiger partial charge in [0.15, 0.2) is 0 Å². The first kappa shape index (κ1) is 26.5. The molecule has 0 bridgehead atoms. The zero-order valence-electron chi connectivity index (χ0n) is 19.6. The Balaban J connectivity index is 2.97. The summed E-state index contributed by atoms with van der Waals surface area (Å²) in [5.74, 6) is -0.453. The van der Waals surface area contributed by atoms with E-state index in [0.29, 0.717) is 19.4 Å². The molecule has 3 unspecified atom stereocenters. The van der Waals surface area contributed by atoms with Gasteiger partial charge in [-0.3, -0.25) is 14.4 Å². The van der Waals surface area contributed by atoms with Crippen LogP contribution in [0.3, 0.4) is 0 Å². The standard InChI is InChI=1S/C24H37NO6/c1-7-8-15-29-21-12-9-20(10-13-21)11-14-22(30-18(5)27)23(25-17(4)26)24(16(2)3)31-19(6)28/h9-10,12-13,16,22-24H,7-8,11,14-15H2,1-6H3,(H,25,26). The number of amides is 1. The summed E-state index contributed by atoms with van der Waals surface area (Å²) in [7, 11) is 0. The number of nitrogens with one attached hydrogen (secondary N) is 1. The van der Waals surface area contributed by atoms with Crippen molar-refractivity contribution in [2.45, 2.75) is 85.5 Å². The highest BCUT2D eigenvalue weighted by atomic mass is 16.6. The number of hydrogen-bond acceptors (Lipinski definition) is 6. The highest BCUT2D eigenvalue weighted by Crippen LogP contribution is 2.21. The number of esters is 2. The number of benzene rings is 1. The normalized spacial score (nSPS) is 13.8. The third-order valence-electron chi connectivity index (χ3n) is 4.81. The number of carbonyl (C=O) groups excluding carboxylic acids is 3. The summed E-state index contributed by atoms with van der Waals surface area (Å²) in [6.07, 6.45) is 1.90. The summed E-state index contributed by atoms with van der Waals surface area (Å²) in [5.41, 5.74) is 1.05. The van der Waals surface area contributed by atoms with E-state index in [1.807, 2.05) is 38.1 Å². The van der Waals surface area contributed by atoms with Crippen molar-refractivity contribution in [2.75, 3.05) is 6.61 Å². The summed E-state index contributed by atoms with van der Waals surface area (Å²) in [4.78, 5) is 35.3. The van der Waals surface area contributed by atoms with Gasteiger partial charge in [-0.2, -0.15) is 0 Å². The fourth-order valence-electron chi connectivity index (χ4n) is 3.36. The summed E-state index contributed by atoms with van der Waals surface area (Å²) >= 11 is 0. The third kappa shape index (κ3) is 10.3. The maximum absolute atomic E-state index is 11.9. The average Bonchev–Trinajstić information content (AvgIpc) is 2.68. The van der Waals surface area contributed by atoms with Gasteiger partial charge in [0, 0.05) is 20.8 Å². The molecule has 1 N–H and O–H groups in total. The highest BCUT2D eigenvalue weighted by Gasteiger charge is 2.36. The molecule has 0 saturated heterocycles. The van der Waals surface area contributed by atoms with Gasteiger partial charge in [0.2, 0.25) is 5.91 Å². The van der Waals surface area contributed by atoms with E-state index in [1.54, 1.807) is 0 Å². The second kappa shape index (κ2) is 13.7. The summed E-state index contributed by atoms with van der Waals surface area (Å²) < 4.78 is 16.7. The summed E-state index contributed by atoms with van der Waals surface area (Å²) in [6.45, 7) is 10.6. The Morgan fingerprint density at radius 2 is 1.58 bits per heavy atom. The molecule has 7 heteroatoms. The quantitative estimate of drug-likeness (QED) is 0.374. The summed E-state index contributed by atoms with van der Waals surface area (Å²) in [5, 5.41) is 2.83. The highest BCUT2D eigenvalue weighted by molar-refractivity contribution is 5.73. The van der Waals surface area contributed by atoms with Crippen molar-refractivity contribution >= 4 is 17.8 Å². The second-order valence-electron chi connectivity index (χ2n) is 8.08. The molecule has 7 nitrogen and oxygen atoms in total. The van der Waals surface area contributed by atoms with Crippen LogP contribution in [0.1, 0.15) is 66.4 Å². The van der Waals surface area contributed by atoms with Crippen molar-refractivity contribution in [1.82, 2.24) is 5.32 Å². The van der Waals surface area contributed by atoms with Gasteiger partial charge in [-0.05, 0) is 42.9 Å². The van der Waals surface area contributed by atoms with Crippen molar-refractivity contribution in [1.29, 1.82) is 0 Å². The van der Waals surface area contributed by atoms with Crippen LogP contribution in [0.25, 0.3) is 0 Å². The molecule has 0 aliphatic carbocycles. The lowest BCUT2D eigenvalue weighted by Gasteiger charge is -2.35. The first-order valence-electron chi connectivity index (χ1n) is 11.0. The number of rotatable bonds is 13. The van der Waals surface area contributed by atoms with Gasteiger partial charge >= 0.3 is 11.9 Å². The zero-order valence-corrected chi connectivity index (χ0v) is 19.6. The SMILES string of the molecule is CCCCOc1ccc(CCC(OC(C)=O)C(NC(C)=O)C(OC(C)=O)C(C)C)cc1. The van der Waals surface area contributed by atoms with Crippen molar-refractivity contribution < 1.29 is 28.6 Å². The van der Waals surface area contributed by atoms with Crippen LogP contribution in [0, 0.1) is 5.92 Å². The number of aryl methyl sites for hydroxylation is 1. The zero-order chi connectivity index (χ0) is 23.4. The first-order chi connectivity index (χ1) is 14.6. The Labute approximate surface area is 185 Å².